The summed E-state index contributed by atoms with van der Waals surface area (Å²) in [6.07, 6.45) is 5.23. The van der Waals surface area contributed by atoms with Gasteiger partial charge in [-0.3, -0.25) is 4.79 Å². The number of piperidine rings is 1. The second-order valence-electron chi connectivity index (χ2n) is 11.5. The number of nitrogens with one attached hydrogen (secondary N) is 2. The Hall–Kier alpha value is -3.33. The third-order valence-corrected chi connectivity index (χ3v) is 9.03. The molecule has 2 unspecified atom stereocenters. The first-order valence-electron chi connectivity index (χ1n) is 14.8. The highest BCUT2D eigenvalue weighted by atomic mass is 16.5. The SMILES string of the molecule is COC(=O)C1=C(C)NC(C)=C(C(=O)OC)C1C1CCC(C(=O)NCCCN2CCC(c3cccc(OC)c3)CC2)C1. The number of carbonyl (C=O) groups excluding carboxylic acids is 3. The van der Waals surface area contributed by atoms with Gasteiger partial charge in [0.15, 0.2) is 0 Å². The van der Waals surface area contributed by atoms with Crippen molar-refractivity contribution in [2.45, 2.75) is 58.3 Å². The molecular weight excluding hydrogens is 522 g/mol. The van der Waals surface area contributed by atoms with Gasteiger partial charge in [-0.1, -0.05) is 12.1 Å². The molecule has 2 atom stereocenters. The second-order valence-corrected chi connectivity index (χ2v) is 11.5. The van der Waals surface area contributed by atoms with Crippen molar-refractivity contribution < 1.29 is 28.6 Å². The van der Waals surface area contributed by atoms with Crippen molar-refractivity contribution in [3.8, 4) is 5.75 Å². The molecule has 224 valence electrons. The quantitative estimate of drug-likeness (QED) is 0.324. The molecule has 0 bridgehead atoms. The monoisotopic (exact) mass is 567 g/mol. The molecular formula is C32H45N3O6. The van der Waals surface area contributed by atoms with E-state index in [9.17, 15) is 14.4 Å². The second kappa shape index (κ2) is 14.0. The number of benzene rings is 1. The zero-order valence-corrected chi connectivity index (χ0v) is 25.1. The van der Waals surface area contributed by atoms with Gasteiger partial charge in [-0.15, -0.1) is 0 Å². The Morgan fingerprint density at radius 2 is 1.61 bits per heavy atom. The van der Waals surface area contributed by atoms with E-state index in [1.807, 2.05) is 19.9 Å². The summed E-state index contributed by atoms with van der Waals surface area (Å²) in [6.45, 7) is 7.35. The van der Waals surface area contributed by atoms with Gasteiger partial charge in [0.25, 0.3) is 0 Å². The van der Waals surface area contributed by atoms with Crippen LogP contribution in [0.15, 0.2) is 46.8 Å². The number of allylic oxidation sites excluding steroid dienone is 2. The van der Waals surface area contributed by atoms with Crippen LogP contribution in [0, 0.1) is 17.8 Å². The van der Waals surface area contributed by atoms with Gasteiger partial charge in [0.1, 0.15) is 5.75 Å². The number of amides is 1. The summed E-state index contributed by atoms with van der Waals surface area (Å²) in [6, 6.07) is 8.39. The molecule has 1 aromatic rings. The third-order valence-electron chi connectivity index (χ3n) is 9.03. The van der Waals surface area contributed by atoms with E-state index >= 15 is 0 Å². The van der Waals surface area contributed by atoms with Crippen LogP contribution < -0.4 is 15.4 Å². The van der Waals surface area contributed by atoms with E-state index in [0.29, 0.717) is 41.4 Å². The first kappa shape index (κ1) is 30.6. The maximum absolute atomic E-state index is 13.1. The fraction of sp³-hybridized carbons (Fsp3) is 0.594. The van der Waals surface area contributed by atoms with Gasteiger partial charge in [0, 0.05) is 29.8 Å². The van der Waals surface area contributed by atoms with Crippen molar-refractivity contribution >= 4 is 17.8 Å². The number of hydrogen-bond acceptors (Lipinski definition) is 8. The predicted molar refractivity (Wildman–Crippen MR) is 156 cm³/mol. The lowest BCUT2D eigenvalue weighted by atomic mass is 9.75. The van der Waals surface area contributed by atoms with Gasteiger partial charge in [0.2, 0.25) is 5.91 Å². The number of nitrogens with zero attached hydrogens (tertiary/aromatic N) is 1. The van der Waals surface area contributed by atoms with Crippen molar-refractivity contribution in [3.05, 3.63) is 52.4 Å². The average Bonchev–Trinajstić information content (AvgIpc) is 3.49. The minimum absolute atomic E-state index is 0.0353. The fourth-order valence-corrected chi connectivity index (χ4v) is 6.88. The number of dihydropyridines is 1. The Morgan fingerprint density at radius 3 is 2.22 bits per heavy atom. The molecule has 2 N–H and O–H groups in total. The van der Waals surface area contributed by atoms with Crippen molar-refractivity contribution in [1.82, 2.24) is 15.5 Å². The lowest BCUT2D eigenvalue weighted by Crippen LogP contribution is -2.37. The topological polar surface area (TPSA) is 106 Å². The molecule has 1 saturated heterocycles. The summed E-state index contributed by atoms with van der Waals surface area (Å²) in [5.74, 6) is -0.0426. The fourth-order valence-electron chi connectivity index (χ4n) is 6.88. The highest BCUT2D eigenvalue weighted by Crippen LogP contribution is 2.45. The molecule has 9 heteroatoms. The van der Waals surface area contributed by atoms with Gasteiger partial charge in [-0.05, 0) is 102 Å². The van der Waals surface area contributed by atoms with E-state index in [2.05, 4.69) is 33.7 Å². The molecule has 9 nitrogen and oxygen atoms in total. The maximum atomic E-state index is 13.1. The summed E-state index contributed by atoms with van der Waals surface area (Å²) in [5, 5.41) is 6.29. The molecule has 0 radical (unpaired) electrons. The van der Waals surface area contributed by atoms with Crippen LogP contribution in [0.4, 0.5) is 0 Å². The number of rotatable bonds is 10. The summed E-state index contributed by atoms with van der Waals surface area (Å²) in [7, 11) is 4.39. The molecule has 1 saturated carbocycles. The molecule has 2 heterocycles. The van der Waals surface area contributed by atoms with Crippen LogP contribution in [0.2, 0.25) is 0 Å². The number of hydrogen-bond donors (Lipinski definition) is 2. The summed E-state index contributed by atoms with van der Waals surface area (Å²) in [5.41, 5.74) is 3.59. The molecule has 1 aromatic carbocycles. The third kappa shape index (κ3) is 7.12. The molecule has 41 heavy (non-hydrogen) atoms. The van der Waals surface area contributed by atoms with Crippen LogP contribution in [-0.4, -0.2) is 70.3 Å². The molecule has 0 spiro atoms. The van der Waals surface area contributed by atoms with E-state index in [1.165, 1.54) is 19.8 Å². The average molecular weight is 568 g/mol. The van der Waals surface area contributed by atoms with Crippen molar-refractivity contribution in [2.75, 3.05) is 47.5 Å². The lowest BCUT2D eigenvalue weighted by molar-refractivity contribution is -0.138. The van der Waals surface area contributed by atoms with E-state index in [1.54, 1.807) is 7.11 Å². The molecule has 2 aliphatic heterocycles. The summed E-state index contributed by atoms with van der Waals surface area (Å²) in [4.78, 5) is 41.1. The van der Waals surface area contributed by atoms with Crippen molar-refractivity contribution in [1.29, 1.82) is 0 Å². The first-order chi connectivity index (χ1) is 19.8. The Balaban J connectivity index is 1.26. The maximum Gasteiger partial charge on any atom is 0.336 e. The largest absolute Gasteiger partial charge is 0.497 e. The van der Waals surface area contributed by atoms with E-state index in [0.717, 1.165) is 57.5 Å². The van der Waals surface area contributed by atoms with Gasteiger partial charge in [-0.25, -0.2) is 9.59 Å². The first-order valence-corrected chi connectivity index (χ1v) is 14.8. The minimum atomic E-state index is -0.464. The van der Waals surface area contributed by atoms with Crippen LogP contribution in [-0.2, 0) is 23.9 Å². The molecule has 1 amide bonds. The van der Waals surface area contributed by atoms with E-state index < -0.39 is 17.9 Å². The normalized spacial score (nSPS) is 22.4. The summed E-state index contributed by atoms with van der Waals surface area (Å²) >= 11 is 0. The lowest BCUT2D eigenvalue weighted by Gasteiger charge is -2.33. The zero-order valence-electron chi connectivity index (χ0n) is 25.1. The zero-order chi connectivity index (χ0) is 29.5. The highest BCUT2D eigenvalue weighted by molar-refractivity contribution is 5.98. The van der Waals surface area contributed by atoms with Crippen LogP contribution in [0.5, 0.6) is 5.75 Å². The van der Waals surface area contributed by atoms with Gasteiger partial charge >= 0.3 is 11.9 Å². The van der Waals surface area contributed by atoms with Crippen molar-refractivity contribution in [2.24, 2.45) is 17.8 Å². The number of likely N-dealkylation sites (tertiary alicyclic amines) is 1. The van der Waals surface area contributed by atoms with Gasteiger partial charge in [-0.2, -0.15) is 0 Å². The summed E-state index contributed by atoms with van der Waals surface area (Å²) < 4.78 is 15.5. The predicted octanol–water partition coefficient (Wildman–Crippen LogP) is 3.91. The van der Waals surface area contributed by atoms with Crippen LogP contribution in [0.3, 0.4) is 0 Å². The highest BCUT2D eigenvalue weighted by Gasteiger charge is 2.44. The molecule has 2 fully saturated rings. The van der Waals surface area contributed by atoms with Crippen LogP contribution in [0.1, 0.15) is 63.9 Å². The smallest absolute Gasteiger partial charge is 0.336 e. The van der Waals surface area contributed by atoms with Crippen LogP contribution in [0.25, 0.3) is 0 Å². The number of methoxy groups -OCH3 is 3. The van der Waals surface area contributed by atoms with Gasteiger partial charge < -0.3 is 29.7 Å². The minimum Gasteiger partial charge on any atom is -0.497 e. The molecule has 3 aliphatic rings. The number of carbonyl (C=O) groups is 3. The van der Waals surface area contributed by atoms with E-state index in [-0.39, 0.29) is 17.7 Å². The molecule has 1 aliphatic carbocycles. The number of esters is 2. The van der Waals surface area contributed by atoms with Crippen LogP contribution >= 0.6 is 0 Å². The standard InChI is InChI=1S/C32H45N3O6/c1-20-27(31(37)40-4)29(28(21(2)34-20)32(38)41-5)24-10-11-25(18-24)30(36)33-14-7-15-35-16-12-22(13-17-35)23-8-6-9-26(19-23)39-3/h6,8-9,19,22,24-25,29,34H,7,10-18H2,1-5H3,(H,33,36). The van der Waals surface area contributed by atoms with Gasteiger partial charge in [0.05, 0.1) is 32.5 Å². The Morgan fingerprint density at radius 1 is 0.951 bits per heavy atom. The Bertz CT molecular complexity index is 1150. The number of ether oxygens (including phenoxy) is 3. The Kier molecular flexibility index (Phi) is 10.5. The van der Waals surface area contributed by atoms with E-state index in [4.69, 9.17) is 14.2 Å². The molecule has 0 aromatic heterocycles. The Labute approximate surface area is 243 Å². The molecule has 4 rings (SSSR count). The van der Waals surface area contributed by atoms with Crippen molar-refractivity contribution in [3.63, 3.8) is 0 Å².